The van der Waals surface area contributed by atoms with E-state index in [-0.39, 0.29) is 11.9 Å². The molecule has 0 fully saturated rings. The second-order valence-corrected chi connectivity index (χ2v) is 3.54. The fourth-order valence-corrected chi connectivity index (χ4v) is 1.63. The Balaban J connectivity index is 2.56. The number of hydrogen-bond acceptors (Lipinski definition) is 2. The standard InChI is InChI=1S/C12H18FNO/c1-3-14-12(9-15-2)8-10-5-4-6-11(13)7-10/h4-7,12,14H,3,8-9H2,1-2H3. The molecule has 84 valence electrons. The lowest BCUT2D eigenvalue weighted by atomic mass is 10.1. The number of benzene rings is 1. The zero-order chi connectivity index (χ0) is 11.1. The van der Waals surface area contributed by atoms with Gasteiger partial charge in [-0.2, -0.15) is 0 Å². The summed E-state index contributed by atoms with van der Waals surface area (Å²) < 4.78 is 18.0. The van der Waals surface area contributed by atoms with E-state index in [1.165, 1.54) is 6.07 Å². The van der Waals surface area contributed by atoms with Gasteiger partial charge in [-0.25, -0.2) is 4.39 Å². The molecule has 0 aliphatic carbocycles. The third-order valence-electron chi connectivity index (χ3n) is 2.23. The highest BCUT2D eigenvalue weighted by Crippen LogP contribution is 2.06. The summed E-state index contributed by atoms with van der Waals surface area (Å²) in [7, 11) is 1.68. The Morgan fingerprint density at radius 3 is 2.87 bits per heavy atom. The predicted molar refractivity (Wildman–Crippen MR) is 59.4 cm³/mol. The van der Waals surface area contributed by atoms with E-state index in [0.29, 0.717) is 6.61 Å². The van der Waals surface area contributed by atoms with E-state index in [2.05, 4.69) is 5.32 Å². The highest BCUT2D eigenvalue weighted by atomic mass is 19.1. The lowest BCUT2D eigenvalue weighted by Crippen LogP contribution is -2.34. The molecule has 1 rings (SSSR count). The minimum atomic E-state index is -0.180. The molecule has 3 heteroatoms. The maximum Gasteiger partial charge on any atom is 0.123 e. The highest BCUT2D eigenvalue weighted by Gasteiger charge is 2.07. The van der Waals surface area contributed by atoms with Crippen LogP contribution in [0.5, 0.6) is 0 Å². The van der Waals surface area contributed by atoms with Crippen LogP contribution < -0.4 is 5.32 Å². The third kappa shape index (κ3) is 4.40. The molecule has 1 aromatic rings. The highest BCUT2D eigenvalue weighted by molar-refractivity contribution is 5.17. The van der Waals surface area contributed by atoms with Crippen molar-refractivity contribution >= 4 is 0 Å². The Morgan fingerprint density at radius 2 is 2.27 bits per heavy atom. The lowest BCUT2D eigenvalue weighted by molar-refractivity contribution is 0.167. The normalized spacial score (nSPS) is 12.7. The summed E-state index contributed by atoms with van der Waals surface area (Å²) in [5, 5.41) is 3.30. The van der Waals surface area contributed by atoms with Crippen molar-refractivity contribution in [3.63, 3.8) is 0 Å². The molecule has 1 aromatic carbocycles. The molecular weight excluding hydrogens is 193 g/mol. The summed E-state index contributed by atoms with van der Waals surface area (Å²) in [4.78, 5) is 0. The van der Waals surface area contributed by atoms with Crippen molar-refractivity contribution in [3.8, 4) is 0 Å². The molecule has 15 heavy (non-hydrogen) atoms. The van der Waals surface area contributed by atoms with Crippen molar-refractivity contribution in [2.75, 3.05) is 20.3 Å². The number of rotatable bonds is 6. The van der Waals surface area contributed by atoms with Crippen LogP contribution in [0.2, 0.25) is 0 Å². The Kier molecular flexibility index (Phi) is 5.29. The van der Waals surface area contributed by atoms with Gasteiger partial charge in [0.1, 0.15) is 5.82 Å². The molecule has 0 aliphatic rings. The molecule has 1 atom stereocenters. The molecule has 0 aromatic heterocycles. The lowest BCUT2D eigenvalue weighted by Gasteiger charge is -2.16. The summed E-state index contributed by atoms with van der Waals surface area (Å²) in [6.45, 7) is 3.59. The predicted octanol–water partition coefficient (Wildman–Crippen LogP) is 1.99. The van der Waals surface area contributed by atoms with Crippen LogP contribution in [0.3, 0.4) is 0 Å². The molecule has 0 aliphatic heterocycles. The number of hydrogen-bond donors (Lipinski definition) is 1. The van der Waals surface area contributed by atoms with Crippen molar-refractivity contribution in [1.29, 1.82) is 0 Å². The van der Waals surface area contributed by atoms with Gasteiger partial charge in [0.15, 0.2) is 0 Å². The van der Waals surface area contributed by atoms with Gasteiger partial charge in [0.25, 0.3) is 0 Å². The van der Waals surface area contributed by atoms with Crippen LogP contribution in [0.1, 0.15) is 12.5 Å². The number of methoxy groups -OCH3 is 1. The third-order valence-corrected chi connectivity index (χ3v) is 2.23. The van der Waals surface area contributed by atoms with Gasteiger partial charge in [-0.3, -0.25) is 0 Å². The minimum absolute atomic E-state index is 0.180. The fourth-order valence-electron chi connectivity index (χ4n) is 1.63. The Hall–Kier alpha value is -0.930. The summed E-state index contributed by atoms with van der Waals surface area (Å²) in [5.74, 6) is -0.180. The summed E-state index contributed by atoms with van der Waals surface area (Å²) in [6.07, 6.45) is 0.791. The second-order valence-electron chi connectivity index (χ2n) is 3.54. The van der Waals surface area contributed by atoms with Crippen molar-refractivity contribution in [2.24, 2.45) is 0 Å². The van der Waals surface area contributed by atoms with E-state index in [0.717, 1.165) is 18.5 Å². The largest absolute Gasteiger partial charge is 0.383 e. The zero-order valence-electron chi connectivity index (χ0n) is 9.29. The van der Waals surface area contributed by atoms with E-state index in [4.69, 9.17) is 4.74 Å². The van der Waals surface area contributed by atoms with Crippen LogP contribution in [-0.2, 0) is 11.2 Å². The van der Waals surface area contributed by atoms with Crippen LogP contribution in [-0.4, -0.2) is 26.3 Å². The first kappa shape index (κ1) is 12.1. The molecule has 0 bridgehead atoms. The number of nitrogens with one attached hydrogen (secondary N) is 1. The van der Waals surface area contributed by atoms with Gasteiger partial charge in [-0.1, -0.05) is 19.1 Å². The van der Waals surface area contributed by atoms with Crippen molar-refractivity contribution < 1.29 is 9.13 Å². The van der Waals surface area contributed by atoms with E-state index in [1.54, 1.807) is 19.2 Å². The van der Waals surface area contributed by atoms with E-state index < -0.39 is 0 Å². The smallest absolute Gasteiger partial charge is 0.123 e. The van der Waals surface area contributed by atoms with Crippen LogP contribution in [0, 0.1) is 5.82 Å². The van der Waals surface area contributed by atoms with Crippen LogP contribution >= 0.6 is 0 Å². The van der Waals surface area contributed by atoms with Crippen molar-refractivity contribution in [2.45, 2.75) is 19.4 Å². The fraction of sp³-hybridized carbons (Fsp3) is 0.500. The molecule has 0 heterocycles. The molecular formula is C12H18FNO. The van der Waals surface area contributed by atoms with Crippen molar-refractivity contribution in [1.82, 2.24) is 5.32 Å². The minimum Gasteiger partial charge on any atom is -0.383 e. The first-order chi connectivity index (χ1) is 7.26. The van der Waals surface area contributed by atoms with Gasteiger partial charge in [0.2, 0.25) is 0 Å². The Bertz CT molecular complexity index is 285. The van der Waals surface area contributed by atoms with Gasteiger partial charge >= 0.3 is 0 Å². The maximum atomic E-state index is 12.9. The Morgan fingerprint density at radius 1 is 1.47 bits per heavy atom. The molecule has 1 unspecified atom stereocenters. The maximum absolute atomic E-state index is 12.9. The van der Waals surface area contributed by atoms with Gasteiger partial charge in [0, 0.05) is 13.2 Å². The monoisotopic (exact) mass is 211 g/mol. The van der Waals surface area contributed by atoms with Crippen LogP contribution in [0.25, 0.3) is 0 Å². The molecule has 0 spiro atoms. The molecule has 2 nitrogen and oxygen atoms in total. The topological polar surface area (TPSA) is 21.3 Å². The molecule has 1 N–H and O–H groups in total. The van der Waals surface area contributed by atoms with Gasteiger partial charge in [0.05, 0.1) is 6.61 Å². The summed E-state index contributed by atoms with van der Waals surface area (Å²) in [5.41, 5.74) is 0.998. The van der Waals surface area contributed by atoms with E-state index in [1.807, 2.05) is 13.0 Å². The van der Waals surface area contributed by atoms with Gasteiger partial charge in [-0.15, -0.1) is 0 Å². The number of likely N-dealkylation sites (N-methyl/N-ethyl adjacent to an activating group) is 1. The van der Waals surface area contributed by atoms with Gasteiger partial charge in [-0.05, 0) is 30.7 Å². The number of ether oxygens (including phenoxy) is 1. The number of halogens is 1. The van der Waals surface area contributed by atoms with Crippen LogP contribution in [0.4, 0.5) is 4.39 Å². The zero-order valence-corrected chi connectivity index (χ0v) is 9.29. The second kappa shape index (κ2) is 6.53. The molecule has 0 saturated carbocycles. The van der Waals surface area contributed by atoms with E-state index >= 15 is 0 Å². The SMILES string of the molecule is CCNC(COC)Cc1cccc(F)c1. The quantitative estimate of drug-likeness (QED) is 0.777. The van der Waals surface area contributed by atoms with E-state index in [9.17, 15) is 4.39 Å². The average Bonchev–Trinajstić information content (AvgIpc) is 2.18. The first-order valence-electron chi connectivity index (χ1n) is 5.23. The average molecular weight is 211 g/mol. The van der Waals surface area contributed by atoms with Crippen molar-refractivity contribution in [3.05, 3.63) is 35.6 Å². The Labute approximate surface area is 90.4 Å². The summed E-state index contributed by atoms with van der Waals surface area (Å²) in [6, 6.07) is 6.95. The van der Waals surface area contributed by atoms with Crippen LogP contribution in [0.15, 0.2) is 24.3 Å². The molecule has 0 radical (unpaired) electrons. The molecule has 0 amide bonds. The van der Waals surface area contributed by atoms with Gasteiger partial charge < -0.3 is 10.1 Å². The first-order valence-corrected chi connectivity index (χ1v) is 5.23. The summed E-state index contributed by atoms with van der Waals surface area (Å²) >= 11 is 0. The molecule has 0 saturated heterocycles.